The molecular formula is C63H106O30. The molecule has 0 aromatic heterocycles. The smallest absolute Gasteiger partial charge is 0.187 e. The van der Waals surface area contributed by atoms with E-state index in [1.165, 1.54) is 0 Å². The first kappa shape index (κ1) is 74.2. The van der Waals surface area contributed by atoms with Crippen molar-refractivity contribution in [3.8, 4) is 0 Å². The van der Waals surface area contributed by atoms with Crippen LogP contribution >= 0.6 is 0 Å². The third kappa shape index (κ3) is 13.7. The SMILES string of the molecule is CC(C)=CCC[C@](C)(O[C@@H]1O[C@@H](CO[C@H]2O[C@H](CO[C@@H]3OC[C@@H](O)[C@@H](O)[C@H]3O)[C@@H](O)[C@@H]2O)[C@@H](O)[C@H](O)[C@H]1O)[C@@H]1CC[C@]2(C)[C@H]1[C@@H](O)C[C@H]1[C@]3(C)CC[C@H](O[C@@H]4O[C@H](CO)[C@@H](O)[C@H](O)[C@H]4O[C@H]4O[C@H](CO)[C@@H](O)[C@H](O)[C@@H]4O[C@@H]4OC[C@@H](O)[C@H](O)[C@@H]4O)C(C)(C)[C@@H]3CC[C@@]12C. The van der Waals surface area contributed by atoms with Gasteiger partial charge in [0.15, 0.2) is 37.7 Å². The second-order valence-corrected chi connectivity index (χ2v) is 30.0. The number of rotatable bonds is 20. The van der Waals surface area contributed by atoms with E-state index in [4.69, 9.17) is 56.8 Å². The quantitative estimate of drug-likeness (QED) is 0.0403. The highest BCUT2D eigenvalue weighted by atomic mass is 16.8. The van der Waals surface area contributed by atoms with Crippen LogP contribution in [0.5, 0.6) is 0 Å². The largest absolute Gasteiger partial charge is 0.394 e. The van der Waals surface area contributed by atoms with Gasteiger partial charge in [0, 0.05) is 0 Å². The van der Waals surface area contributed by atoms with Crippen molar-refractivity contribution in [2.45, 2.75) is 297 Å². The lowest BCUT2D eigenvalue weighted by Crippen LogP contribution is -2.68. The van der Waals surface area contributed by atoms with Crippen molar-refractivity contribution in [3.05, 3.63) is 11.6 Å². The molecule has 6 aliphatic heterocycles. The molecule has 37 atom stereocenters. The third-order valence-electron chi connectivity index (χ3n) is 24.0. The number of hydrogen-bond donors (Lipinski definition) is 18. The van der Waals surface area contributed by atoms with Gasteiger partial charge in [0.1, 0.15) is 128 Å². The zero-order valence-corrected chi connectivity index (χ0v) is 54.2. The van der Waals surface area contributed by atoms with Gasteiger partial charge in [0.25, 0.3) is 0 Å². The summed E-state index contributed by atoms with van der Waals surface area (Å²) >= 11 is 0. The van der Waals surface area contributed by atoms with Gasteiger partial charge in [-0.05, 0) is 124 Å². The molecular weight excluding hydrogens is 1240 g/mol. The molecule has 0 radical (unpaired) electrons. The molecule has 538 valence electrons. The van der Waals surface area contributed by atoms with E-state index in [0.29, 0.717) is 44.9 Å². The molecule has 0 amide bonds. The average molecular weight is 1340 g/mol. The first-order valence-electron chi connectivity index (χ1n) is 33.1. The second-order valence-electron chi connectivity index (χ2n) is 30.0. The van der Waals surface area contributed by atoms with Gasteiger partial charge < -0.3 is 149 Å². The van der Waals surface area contributed by atoms with Gasteiger partial charge in [-0.2, -0.15) is 0 Å². The minimum Gasteiger partial charge on any atom is -0.394 e. The third-order valence-corrected chi connectivity index (χ3v) is 24.0. The van der Waals surface area contributed by atoms with E-state index in [-0.39, 0.29) is 35.7 Å². The summed E-state index contributed by atoms with van der Waals surface area (Å²) in [6.45, 7) is 13.7. The number of fused-ring (bicyclic) bond motifs is 5. The van der Waals surface area contributed by atoms with Crippen LogP contribution in [0.2, 0.25) is 0 Å². The van der Waals surface area contributed by atoms with Crippen LogP contribution in [0.15, 0.2) is 11.6 Å². The first-order chi connectivity index (χ1) is 43.7. The molecule has 10 fully saturated rings. The van der Waals surface area contributed by atoms with E-state index in [1.807, 2.05) is 20.8 Å². The monoisotopic (exact) mass is 1340 g/mol. The number of ether oxygens (including phenoxy) is 12. The van der Waals surface area contributed by atoms with Gasteiger partial charge in [-0.25, -0.2) is 0 Å². The van der Waals surface area contributed by atoms with Crippen molar-refractivity contribution in [2.24, 2.45) is 45.3 Å². The van der Waals surface area contributed by atoms with Crippen LogP contribution in [0.25, 0.3) is 0 Å². The minimum absolute atomic E-state index is 0.0257. The maximum atomic E-state index is 13.0. The summed E-state index contributed by atoms with van der Waals surface area (Å²) in [7, 11) is 0. The lowest BCUT2D eigenvalue weighted by Gasteiger charge is -2.71. The molecule has 0 bridgehead atoms. The van der Waals surface area contributed by atoms with Crippen molar-refractivity contribution in [3.63, 3.8) is 0 Å². The number of allylic oxidation sites excluding steroid dienone is 2. The van der Waals surface area contributed by atoms with Crippen LogP contribution in [0.1, 0.15) is 113 Å². The highest BCUT2D eigenvalue weighted by Crippen LogP contribution is 2.76. The molecule has 10 aliphatic rings. The van der Waals surface area contributed by atoms with Gasteiger partial charge in [-0.1, -0.05) is 46.3 Å². The molecule has 0 spiro atoms. The zero-order valence-electron chi connectivity index (χ0n) is 54.2. The van der Waals surface area contributed by atoms with Crippen LogP contribution in [0.3, 0.4) is 0 Å². The Balaban J connectivity index is 0.837. The van der Waals surface area contributed by atoms with E-state index in [2.05, 4.69) is 40.7 Å². The predicted octanol–water partition coefficient (Wildman–Crippen LogP) is -4.64. The molecule has 93 heavy (non-hydrogen) atoms. The highest BCUT2D eigenvalue weighted by Gasteiger charge is 2.72. The second kappa shape index (κ2) is 28.9. The lowest BCUT2D eigenvalue weighted by atomic mass is 9.35. The highest BCUT2D eigenvalue weighted by molar-refractivity contribution is 5.21. The number of hydrogen-bond acceptors (Lipinski definition) is 30. The zero-order chi connectivity index (χ0) is 67.9. The molecule has 0 unspecified atom stereocenters. The molecule has 6 saturated heterocycles. The maximum absolute atomic E-state index is 13.0. The molecule has 18 N–H and O–H groups in total. The van der Waals surface area contributed by atoms with Crippen molar-refractivity contribution in [1.82, 2.24) is 0 Å². The Morgan fingerprint density at radius 3 is 1.53 bits per heavy atom. The summed E-state index contributed by atoms with van der Waals surface area (Å²) in [5, 5.41) is 197. The summed E-state index contributed by atoms with van der Waals surface area (Å²) in [6.07, 6.45) is -37.7. The molecule has 4 aliphatic carbocycles. The van der Waals surface area contributed by atoms with Crippen molar-refractivity contribution in [2.75, 3.05) is 39.6 Å². The molecule has 0 aromatic rings. The summed E-state index contributed by atoms with van der Waals surface area (Å²) in [5.74, 6) is -0.714. The topological polar surface area (TPSA) is 475 Å². The Hall–Kier alpha value is -1.46. The van der Waals surface area contributed by atoms with E-state index >= 15 is 0 Å². The predicted molar refractivity (Wildman–Crippen MR) is 313 cm³/mol. The Morgan fingerprint density at radius 2 is 0.946 bits per heavy atom. The lowest BCUT2D eigenvalue weighted by molar-refractivity contribution is -0.395. The van der Waals surface area contributed by atoms with Gasteiger partial charge >= 0.3 is 0 Å². The molecule has 10 rings (SSSR count). The van der Waals surface area contributed by atoms with Crippen LogP contribution in [0, 0.1) is 45.3 Å². The Bertz CT molecular complexity index is 2480. The van der Waals surface area contributed by atoms with E-state index < -0.39 is 233 Å². The summed E-state index contributed by atoms with van der Waals surface area (Å²) in [6, 6.07) is 0. The maximum Gasteiger partial charge on any atom is 0.187 e. The Labute approximate surface area is 540 Å². The van der Waals surface area contributed by atoms with Crippen molar-refractivity contribution in [1.29, 1.82) is 0 Å². The Morgan fingerprint density at radius 1 is 0.473 bits per heavy atom. The van der Waals surface area contributed by atoms with E-state index in [9.17, 15) is 91.9 Å². The van der Waals surface area contributed by atoms with Crippen LogP contribution in [-0.2, 0) is 56.8 Å². The standard InChI is InChI=1S/C63H106O30/c1-25(2)10-9-14-63(8,93-56-50(81)44(75)42(73)32(89-56)24-85-54-49(80)43(74)33(88-54)23-84-53-47(78)38(69)28(67)21-82-53)26-11-16-62(7)37(26)27(66)18-35-60(5)15-13-36(59(3,4)34(60)12-17-61(35,62)6)90-57-51(45(76)40(71)30(19-64)86-57)92-58-52(46(77)41(72)31(20-65)87-58)91-55-48(79)39(70)29(68)22-83-55/h10,26-58,64-81H,9,11-24H2,1-8H3/t26-,27+,28-,29-,30-,31-,32+,33-,34+,35+,36+,37-,38-,39+,40-,41-,42-,43-,44+,45+,46+,47-,48+,49+,50-,51-,52+,53+,54+,55+,56+,57+,58-,60-,61+,62-,63+/m1/s1. The van der Waals surface area contributed by atoms with E-state index in [0.717, 1.165) is 18.4 Å². The molecule has 4 saturated carbocycles. The van der Waals surface area contributed by atoms with Gasteiger partial charge in [0.2, 0.25) is 0 Å². The van der Waals surface area contributed by atoms with Crippen molar-refractivity contribution < 1.29 is 149 Å². The molecule has 30 heteroatoms. The molecule has 6 heterocycles. The fraction of sp³-hybridized carbons (Fsp3) is 0.968. The average Bonchev–Trinajstić information content (AvgIpc) is 1.67. The van der Waals surface area contributed by atoms with Gasteiger partial charge in [-0.15, -0.1) is 0 Å². The van der Waals surface area contributed by atoms with Crippen LogP contribution in [-0.4, -0.2) is 315 Å². The molecule has 30 nitrogen and oxygen atoms in total. The summed E-state index contributed by atoms with van der Waals surface area (Å²) in [5.41, 5.74) is -1.95. The van der Waals surface area contributed by atoms with Gasteiger partial charge in [0.05, 0.1) is 57.5 Å². The van der Waals surface area contributed by atoms with Crippen LogP contribution in [0.4, 0.5) is 0 Å². The van der Waals surface area contributed by atoms with Crippen LogP contribution < -0.4 is 0 Å². The summed E-state index contributed by atoms with van der Waals surface area (Å²) < 4.78 is 72.4. The summed E-state index contributed by atoms with van der Waals surface area (Å²) in [4.78, 5) is 0. The normalized spacial score (nSPS) is 53.1. The Kier molecular flexibility index (Phi) is 23.1. The fourth-order valence-corrected chi connectivity index (χ4v) is 18.3. The van der Waals surface area contributed by atoms with Crippen molar-refractivity contribution >= 4 is 0 Å². The van der Waals surface area contributed by atoms with E-state index in [1.54, 1.807) is 0 Å². The first-order valence-corrected chi connectivity index (χ1v) is 33.1. The number of aliphatic hydroxyl groups is 18. The molecule has 0 aromatic carbocycles. The minimum atomic E-state index is -1.90. The number of aliphatic hydroxyl groups excluding tert-OH is 18. The van der Waals surface area contributed by atoms with Gasteiger partial charge in [-0.3, -0.25) is 0 Å². The fourth-order valence-electron chi connectivity index (χ4n) is 18.3.